The molecule has 0 atom stereocenters. The molecule has 23 heteroatoms. The van der Waals surface area contributed by atoms with Gasteiger partial charge in [-0.15, -0.1) is 32.9 Å². The number of unbranched alkanes of at least 4 members (excludes halogenated alkanes) is 4. The Hall–Kier alpha value is -7.02. The van der Waals surface area contributed by atoms with E-state index in [4.69, 9.17) is 4.98 Å². The maximum absolute atomic E-state index is 13.8. The summed E-state index contributed by atoms with van der Waals surface area (Å²) >= 11 is 4.84. The van der Waals surface area contributed by atoms with Crippen LogP contribution < -0.4 is 20.9 Å². The third-order valence-corrected chi connectivity index (χ3v) is 16.9. The molecule has 4 N–H and O–H groups in total. The van der Waals surface area contributed by atoms with Gasteiger partial charge in [-0.25, -0.2) is 23.4 Å². The second-order valence-corrected chi connectivity index (χ2v) is 22.3. The molecule has 0 radical (unpaired) electrons. The number of hydrogen-bond donors (Lipinski definition) is 4. The third-order valence-electron chi connectivity index (χ3n) is 11.5. The van der Waals surface area contributed by atoms with Gasteiger partial charge >= 0.3 is 5.56 Å². The monoisotopic (exact) mass is 1040 g/mol. The van der Waals surface area contributed by atoms with Gasteiger partial charge in [0.05, 0.1) is 39.2 Å². The second-order valence-electron chi connectivity index (χ2n) is 16.5. The zero-order valence-corrected chi connectivity index (χ0v) is 41.9. The molecular formula is C48H45N13O5S5. The number of fused-ring (bicyclic) bond motifs is 2. The van der Waals surface area contributed by atoms with Gasteiger partial charge in [0.1, 0.15) is 9.09 Å². The first-order chi connectivity index (χ1) is 34.6. The molecule has 9 aromatic rings. The van der Waals surface area contributed by atoms with Crippen molar-refractivity contribution in [1.29, 1.82) is 0 Å². The fraction of sp³-hybridized carbons (Fsp3) is 0.229. The standard InChI is InChI=1S/C48H45N13O5S5/c62-43(53-47-51-35-20-19-33(26-38(35)69-47)58-71(65,66)40-18-12-25-67-40)36-27-34-29-59(23-13-24-60(34)56-36)22-11-3-1-2-10-21-49-44(63)39-28-50-46(70-39)55-54-42-41(32-16-8-5-9-17-32)57-61(45(42)64)48-52-37(30-68-48)31-14-6-4-7-15-31/h4-9,12,14-20,25-28,30,57-58H,1-3,10-11,13,21-24,29H2,(H,49,63)(H,51,53,62). The van der Waals surface area contributed by atoms with Crippen LogP contribution in [0.2, 0.25) is 0 Å². The van der Waals surface area contributed by atoms with Gasteiger partial charge in [-0.2, -0.15) is 9.78 Å². The number of nitrogens with one attached hydrogen (secondary N) is 4. The van der Waals surface area contributed by atoms with Gasteiger partial charge in [0.25, 0.3) is 21.8 Å². The topological polar surface area (TPSA) is 227 Å². The van der Waals surface area contributed by atoms with E-state index in [1.807, 2.05) is 76.8 Å². The molecule has 0 spiro atoms. The van der Waals surface area contributed by atoms with Gasteiger partial charge in [-0.3, -0.25) is 39.1 Å². The van der Waals surface area contributed by atoms with Gasteiger partial charge in [-0.1, -0.05) is 109 Å². The molecule has 71 heavy (non-hydrogen) atoms. The predicted octanol–water partition coefficient (Wildman–Crippen LogP) is 10.3. The molecule has 0 bridgehead atoms. The van der Waals surface area contributed by atoms with Gasteiger partial charge in [0.15, 0.2) is 16.5 Å². The fourth-order valence-corrected chi connectivity index (χ4v) is 12.4. The van der Waals surface area contributed by atoms with Crippen molar-refractivity contribution >= 4 is 99.0 Å². The summed E-state index contributed by atoms with van der Waals surface area (Å²) in [5.41, 5.74) is 5.00. The number of thiophene rings is 1. The van der Waals surface area contributed by atoms with Gasteiger partial charge in [0.2, 0.25) is 10.3 Å². The van der Waals surface area contributed by atoms with Crippen LogP contribution in [-0.2, 0) is 23.1 Å². The number of anilines is 2. The van der Waals surface area contributed by atoms with Crippen LogP contribution in [0.15, 0.2) is 133 Å². The Labute approximate surface area is 423 Å². The number of rotatable bonds is 19. The van der Waals surface area contributed by atoms with E-state index in [0.29, 0.717) is 50.8 Å². The lowest BCUT2D eigenvalue weighted by molar-refractivity contribution is 0.0955. The molecule has 0 saturated carbocycles. The van der Waals surface area contributed by atoms with Crippen molar-refractivity contribution in [1.82, 2.24) is 44.7 Å². The van der Waals surface area contributed by atoms with Crippen molar-refractivity contribution in [3.05, 3.63) is 141 Å². The number of hydrogen-bond acceptors (Lipinski definition) is 16. The average molecular weight is 1040 g/mol. The minimum absolute atomic E-state index is 0.103. The Balaban J connectivity index is 0.657. The van der Waals surface area contributed by atoms with Crippen molar-refractivity contribution in [2.45, 2.75) is 55.8 Å². The smallest absolute Gasteiger partial charge is 0.301 e. The summed E-state index contributed by atoms with van der Waals surface area (Å²) in [4.78, 5) is 56.4. The molecule has 0 aliphatic carbocycles. The van der Waals surface area contributed by atoms with E-state index in [9.17, 15) is 22.8 Å². The van der Waals surface area contributed by atoms with Crippen LogP contribution in [0.1, 0.15) is 64.4 Å². The number of H-pyrrole nitrogens is 1. The molecule has 1 aliphatic heterocycles. The summed E-state index contributed by atoms with van der Waals surface area (Å²) in [6.07, 6.45) is 7.34. The molecule has 10 rings (SSSR count). The van der Waals surface area contributed by atoms with Crippen LogP contribution in [0.3, 0.4) is 0 Å². The molecule has 6 aromatic heterocycles. The number of benzene rings is 3. The van der Waals surface area contributed by atoms with E-state index in [-0.39, 0.29) is 26.8 Å². The Bertz CT molecular complexity index is 3500. The first-order valence-electron chi connectivity index (χ1n) is 22.8. The van der Waals surface area contributed by atoms with Gasteiger partial charge in [0, 0.05) is 42.7 Å². The van der Waals surface area contributed by atoms with Crippen LogP contribution in [0.4, 0.5) is 21.6 Å². The molecule has 1 aliphatic rings. The Morgan fingerprint density at radius 2 is 1.62 bits per heavy atom. The molecule has 7 heterocycles. The number of nitrogens with zero attached hydrogens (tertiary/aromatic N) is 9. The molecule has 0 unspecified atom stereocenters. The molecule has 0 saturated heterocycles. The SMILES string of the molecule is O=C(Nc1nc2ccc(NS(=O)(=O)c3cccs3)cc2s1)c1cc2n(n1)CCCN(CCCCCCCNC(=O)c1cnc(N=Nc3c(-c4ccccc4)[nH]n(-c4nc(-c5ccccc5)cs4)c3=O)s1)C2. The highest BCUT2D eigenvalue weighted by Crippen LogP contribution is 2.33. The summed E-state index contributed by atoms with van der Waals surface area (Å²) in [5.74, 6) is -0.586. The lowest BCUT2D eigenvalue weighted by Gasteiger charge is -2.19. The minimum Gasteiger partial charge on any atom is -0.351 e. The molecule has 2 amide bonds. The summed E-state index contributed by atoms with van der Waals surface area (Å²) in [6.45, 7) is 3.83. The highest BCUT2D eigenvalue weighted by Gasteiger charge is 2.23. The summed E-state index contributed by atoms with van der Waals surface area (Å²) in [7, 11) is -3.69. The summed E-state index contributed by atoms with van der Waals surface area (Å²) in [5, 5.41) is 27.0. The summed E-state index contributed by atoms with van der Waals surface area (Å²) in [6, 6.07) is 29.3. The van der Waals surface area contributed by atoms with Crippen molar-refractivity contribution in [3.63, 3.8) is 0 Å². The molecule has 362 valence electrons. The maximum atomic E-state index is 13.8. The lowest BCUT2D eigenvalue weighted by Crippen LogP contribution is -2.24. The molecule has 3 aromatic carbocycles. The van der Waals surface area contributed by atoms with E-state index < -0.39 is 15.6 Å². The Morgan fingerprint density at radius 3 is 2.44 bits per heavy atom. The highest BCUT2D eigenvalue weighted by molar-refractivity contribution is 7.94. The van der Waals surface area contributed by atoms with Gasteiger partial charge in [-0.05, 0) is 61.5 Å². The van der Waals surface area contributed by atoms with Crippen molar-refractivity contribution in [2.75, 3.05) is 29.7 Å². The van der Waals surface area contributed by atoms with E-state index in [1.54, 1.807) is 35.7 Å². The minimum atomic E-state index is -3.69. The number of azo groups is 1. The number of aromatic nitrogens is 7. The van der Waals surface area contributed by atoms with Crippen molar-refractivity contribution in [2.24, 2.45) is 10.2 Å². The fourth-order valence-electron chi connectivity index (χ4n) is 8.01. The summed E-state index contributed by atoms with van der Waals surface area (Å²) < 4.78 is 32.3. The predicted molar refractivity (Wildman–Crippen MR) is 279 cm³/mol. The van der Waals surface area contributed by atoms with E-state index in [0.717, 1.165) is 108 Å². The van der Waals surface area contributed by atoms with Crippen molar-refractivity contribution < 1.29 is 18.0 Å². The number of thiazole rings is 3. The van der Waals surface area contributed by atoms with Crippen LogP contribution in [0.25, 0.3) is 37.9 Å². The lowest BCUT2D eigenvalue weighted by atomic mass is 10.1. The largest absolute Gasteiger partial charge is 0.351 e. The zero-order valence-electron chi connectivity index (χ0n) is 37.9. The van der Waals surface area contributed by atoms with E-state index in [2.05, 4.69) is 50.6 Å². The van der Waals surface area contributed by atoms with Gasteiger partial charge < -0.3 is 5.32 Å². The molecular weight excluding hydrogens is 999 g/mol. The molecule has 18 nitrogen and oxygen atoms in total. The number of aryl methyl sites for hydroxylation is 1. The molecule has 0 fully saturated rings. The number of sulfonamides is 1. The first-order valence-corrected chi connectivity index (χ1v) is 27.7. The van der Waals surface area contributed by atoms with Crippen LogP contribution >= 0.6 is 45.3 Å². The first kappa shape index (κ1) is 47.6. The number of carbonyl (C=O) groups is 2. The van der Waals surface area contributed by atoms with Crippen LogP contribution in [-0.4, -0.2) is 79.3 Å². The average Bonchev–Trinajstić information content (AvgIpc) is 4.25. The Morgan fingerprint density at radius 1 is 0.817 bits per heavy atom. The van der Waals surface area contributed by atoms with Crippen molar-refractivity contribution in [3.8, 4) is 27.6 Å². The third kappa shape index (κ3) is 11.3. The second kappa shape index (κ2) is 21.5. The highest BCUT2D eigenvalue weighted by atomic mass is 32.2. The van der Waals surface area contributed by atoms with E-state index in [1.165, 1.54) is 33.6 Å². The quantitative estimate of drug-likeness (QED) is 0.0442. The van der Waals surface area contributed by atoms with E-state index >= 15 is 0 Å². The maximum Gasteiger partial charge on any atom is 0.301 e. The zero-order chi connectivity index (χ0) is 48.7. The Kier molecular flexibility index (Phi) is 14.5. The van der Waals surface area contributed by atoms with Crippen LogP contribution in [0, 0.1) is 0 Å². The number of amides is 2. The van der Waals surface area contributed by atoms with Crippen LogP contribution in [0.5, 0.6) is 0 Å². The number of carbonyl (C=O) groups excluding carboxylic acids is 2. The number of aromatic amines is 1. The normalized spacial score (nSPS) is 13.1.